The summed E-state index contributed by atoms with van der Waals surface area (Å²) >= 11 is 0. The molecule has 268 valence electrons. The number of carboxylic acid groups (broad SMARTS) is 1. The highest BCUT2D eigenvalue weighted by Crippen LogP contribution is 2.09. The number of aliphatic hydroxyl groups is 3. The van der Waals surface area contributed by atoms with Crippen LogP contribution in [0.25, 0.3) is 0 Å². The van der Waals surface area contributed by atoms with Crippen LogP contribution in [0.5, 0.6) is 0 Å². The van der Waals surface area contributed by atoms with Crippen molar-refractivity contribution in [1.29, 1.82) is 0 Å². The third-order valence-electron chi connectivity index (χ3n) is 6.62. The molecule has 0 unspecified atom stereocenters. The second-order valence-electron chi connectivity index (χ2n) is 11.8. The maximum atomic E-state index is 13.1. The van der Waals surface area contributed by atoms with Gasteiger partial charge in [0.25, 0.3) is 0 Å². The monoisotopic (exact) mass is 688 g/mol. The minimum Gasteiger partial charge on any atom is -0.481 e. The summed E-state index contributed by atoms with van der Waals surface area (Å²) in [7, 11) is 0. The van der Waals surface area contributed by atoms with Gasteiger partial charge in [-0.15, -0.1) is 0 Å². The number of carboxylic acids is 1. The van der Waals surface area contributed by atoms with E-state index in [1.807, 2.05) is 0 Å². The molecule has 2 rings (SSSR count). The second kappa shape index (κ2) is 16.3. The zero-order chi connectivity index (χ0) is 36.6. The second-order valence-corrected chi connectivity index (χ2v) is 11.8. The van der Waals surface area contributed by atoms with E-state index in [0.717, 1.165) is 0 Å². The van der Waals surface area contributed by atoms with Gasteiger partial charge in [0.15, 0.2) is 0 Å². The zero-order valence-corrected chi connectivity index (χ0v) is 26.9. The molecule has 0 radical (unpaired) electrons. The number of carbonyl (C=O) groups excluding carboxylic acids is 2. The van der Waals surface area contributed by atoms with E-state index in [9.17, 15) is 58.5 Å². The number of hydrogen-bond donors (Lipinski definition) is 4. The first-order valence-electron chi connectivity index (χ1n) is 14.7. The molecule has 21 nitrogen and oxygen atoms in total. The Labute approximate surface area is 270 Å². The van der Waals surface area contributed by atoms with E-state index in [1.54, 1.807) is 0 Å². The summed E-state index contributed by atoms with van der Waals surface area (Å²) in [6, 6.07) is 0. The van der Waals surface area contributed by atoms with Crippen LogP contribution in [-0.2, 0) is 63.1 Å². The molecule has 0 spiro atoms. The molecule has 2 heterocycles. The number of aliphatic carboxylic acids is 1. The third-order valence-corrected chi connectivity index (χ3v) is 6.62. The van der Waals surface area contributed by atoms with Crippen LogP contribution < -0.4 is 34.1 Å². The topological polar surface area (TPSA) is 283 Å². The summed E-state index contributed by atoms with van der Waals surface area (Å²) < 4.78 is 13.2. The number of hydrogen-bond acceptors (Lipinski definition) is 14. The number of nitrogens with zero attached hydrogens (tertiary/aromatic N) is 6. The third kappa shape index (κ3) is 10.3. The highest BCUT2D eigenvalue weighted by Gasteiger charge is 2.24. The minimum absolute atomic E-state index is 0.455. The van der Waals surface area contributed by atoms with Gasteiger partial charge in [0, 0.05) is 19.6 Å². The summed E-state index contributed by atoms with van der Waals surface area (Å²) in [4.78, 5) is 113. The molecule has 0 aromatic carbocycles. The molecule has 2 aromatic rings. The fourth-order valence-electron chi connectivity index (χ4n) is 4.27. The number of carbonyl (C=O) groups is 3. The maximum Gasteiger partial charge on any atom is 0.336 e. The average Bonchev–Trinajstić information content (AvgIpc) is 2.98. The van der Waals surface area contributed by atoms with E-state index in [4.69, 9.17) is 14.6 Å². The highest BCUT2D eigenvalue weighted by molar-refractivity contribution is 5.70. The number of ether oxygens (including phenoxy) is 2. The highest BCUT2D eigenvalue weighted by atomic mass is 16.6. The van der Waals surface area contributed by atoms with Crippen LogP contribution in [0, 0.1) is 0 Å². The molecular weight excluding hydrogens is 648 g/mol. The molecule has 0 saturated heterocycles. The van der Waals surface area contributed by atoms with Crippen molar-refractivity contribution in [3.05, 3.63) is 62.9 Å². The smallest absolute Gasteiger partial charge is 0.336 e. The molecule has 0 atom stereocenters. The standard InChI is InChI=1S/C27H40N6O15/c1-26(2,46)15-33-24(44)31(11-13-34)23(43)32(25(33)45)12-14-47-18(38)6-9-29-20(40)28(8-5-17(36)37)21(41)30(22(29)42)10-7-19(39)48-27(3,4)16-35/h34-35,46H,5-16H2,1-4H3,(H,36,37). The molecular formula is C27H40N6O15. The molecule has 2 aromatic heterocycles. The van der Waals surface area contributed by atoms with E-state index in [2.05, 4.69) is 0 Å². The zero-order valence-electron chi connectivity index (χ0n) is 26.9. The van der Waals surface area contributed by atoms with E-state index in [-0.39, 0.29) is 0 Å². The number of aromatic nitrogens is 6. The Kier molecular flexibility index (Phi) is 13.3. The summed E-state index contributed by atoms with van der Waals surface area (Å²) in [5, 5.41) is 37.7. The molecule has 0 saturated carbocycles. The number of esters is 2. The summed E-state index contributed by atoms with van der Waals surface area (Å²) in [5.74, 6) is -3.28. The largest absolute Gasteiger partial charge is 0.481 e. The first-order chi connectivity index (χ1) is 22.2. The first-order valence-corrected chi connectivity index (χ1v) is 14.7. The fraction of sp³-hybridized carbons (Fsp3) is 0.667. The molecule has 21 heteroatoms. The van der Waals surface area contributed by atoms with E-state index in [1.165, 1.54) is 27.7 Å². The van der Waals surface area contributed by atoms with Gasteiger partial charge in [-0.2, -0.15) is 0 Å². The van der Waals surface area contributed by atoms with Crippen molar-refractivity contribution < 1.29 is 44.3 Å². The molecule has 0 fully saturated rings. The van der Waals surface area contributed by atoms with Gasteiger partial charge in [-0.05, 0) is 27.7 Å². The lowest BCUT2D eigenvalue weighted by molar-refractivity contribution is -0.160. The predicted octanol–water partition coefficient (Wildman–Crippen LogP) is -4.77. The minimum atomic E-state index is -1.54. The van der Waals surface area contributed by atoms with Gasteiger partial charge in [-0.25, -0.2) is 56.2 Å². The quantitative estimate of drug-likeness (QED) is 0.107. The Morgan fingerprint density at radius 2 is 1.00 bits per heavy atom. The maximum absolute atomic E-state index is 13.1. The van der Waals surface area contributed by atoms with Crippen molar-refractivity contribution >= 4 is 17.9 Å². The van der Waals surface area contributed by atoms with E-state index < -0.39 is 142 Å². The summed E-state index contributed by atoms with van der Waals surface area (Å²) in [6.07, 6.45) is -1.87. The summed E-state index contributed by atoms with van der Waals surface area (Å²) in [5.41, 5.74) is -9.75. The van der Waals surface area contributed by atoms with Crippen LogP contribution >= 0.6 is 0 Å². The van der Waals surface area contributed by atoms with Crippen molar-refractivity contribution in [3.63, 3.8) is 0 Å². The van der Waals surface area contributed by atoms with E-state index in [0.29, 0.717) is 27.4 Å². The Hall–Kier alpha value is -4.89. The van der Waals surface area contributed by atoms with Gasteiger partial charge < -0.3 is 29.9 Å². The number of aliphatic hydroxyl groups excluding tert-OH is 2. The van der Waals surface area contributed by atoms with Gasteiger partial charge in [-0.1, -0.05) is 0 Å². The van der Waals surface area contributed by atoms with Crippen LogP contribution in [0.3, 0.4) is 0 Å². The Morgan fingerprint density at radius 3 is 1.42 bits per heavy atom. The average molecular weight is 689 g/mol. The Balaban J connectivity index is 2.30. The molecule has 0 amide bonds. The van der Waals surface area contributed by atoms with Crippen molar-refractivity contribution in [2.45, 2.75) is 97.4 Å². The van der Waals surface area contributed by atoms with Crippen LogP contribution in [-0.4, -0.2) is 96.8 Å². The van der Waals surface area contributed by atoms with Crippen molar-refractivity contribution in [2.24, 2.45) is 0 Å². The van der Waals surface area contributed by atoms with Gasteiger partial charge >= 0.3 is 52.0 Å². The molecule has 0 aliphatic carbocycles. The van der Waals surface area contributed by atoms with Crippen molar-refractivity contribution in [3.8, 4) is 0 Å². The summed E-state index contributed by atoms with van der Waals surface area (Å²) in [6.45, 7) is 0.304. The molecule has 0 bridgehead atoms. The molecule has 4 N–H and O–H groups in total. The van der Waals surface area contributed by atoms with Gasteiger partial charge in [0.05, 0.1) is 57.7 Å². The van der Waals surface area contributed by atoms with Gasteiger partial charge in [0.1, 0.15) is 12.2 Å². The predicted molar refractivity (Wildman–Crippen MR) is 162 cm³/mol. The normalized spacial score (nSPS) is 11.8. The lowest BCUT2D eigenvalue weighted by Gasteiger charge is -2.22. The van der Waals surface area contributed by atoms with Gasteiger partial charge in [-0.3, -0.25) is 14.4 Å². The van der Waals surface area contributed by atoms with Crippen LogP contribution in [0.1, 0.15) is 47.0 Å². The molecule has 0 aliphatic heterocycles. The Bertz CT molecular complexity index is 1870. The lowest BCUT2D eigenvalue weighted by Crippen LogP contribution is -2.56. The molecule has 0 aliphatic rings. The van der Waals surface area contributed by atoms with Crippen LogP contribution in [0.15, 0.2) is 28.8 Å². The SMILES string of the molecule is CC(C)(O)Cn1c(=O)n(CCO)c(=O)n(CCOC(=O)CCn2c(=O)n(CCC(=O)O)c(=O)n(CCC(=O)OC(C)(C)CO)c2=O)c1=O. The van der Waals surface area contributed by atoms with Crippen LogP contribution in [0.4, 0.5) is 0 Å². The van der Waals surface area contributed by atoms with Gasteiger partial charge in [0.2, 0.25) is 0 Å². The van der Waals surface area contributed by atoms with Crippen molar-refractivity contribution in [1.82, 2.24) is 27.4 Å². The lowest BCUT2D eigenvalue weighted by atomic mass is 10.1. The fourth-order valence-corrected chi connectivity index (χ4v) is 4.27. The van der Waals surface area contributed by atoms with Crippen LogP contribution in [0.2, 0.25) is 0 Å². The Morgan fingerprint density at radius 1 is 0.604 bits per heavy atom. The molecule has 48 heavy (non-hydrogen) atoms. The van der Waals surface area contributed by atoms with E-state index >= 15 is 0 Å². The number of rotatable bonds is 18. The van der Waals surface area contributed by atoms with Crippen molar-refractivity contribution in [2.75, 3.05) is 19.8 Å². The first kappa shape index (κ1) is 39.3.